The first-order valence-corrected chi connectivity index (χ1v) is 8.27. The van der Waals surface area contributed by atoms with Gasteiger partial charge in [0.25, 0.3) is 0 Å². The number of carbonyl (C=O) groups excluding carboxylic acids is 1. The van der Waals surface area contributed by atoms with Crippen molar-refractivity contribution < 1.29 is 4.79 Å². The molecule has 2 amide bonds. The van der Waals surface area contributed by atoms with E-state index in [0.29, 0.717) is 29.2 Å². The number of pyridine rings is 2. The molecular weight excluding hydrogens is 328 g/mol. The number of nitrogens with zero attached hydrogens (tertiary/aromatic N) is 4. The van der Waals surface area contributed by atoms with Gasteiger partial charge in [0.1, 0.15) is 11.3 Å². The lowest BCUT2D eigenvalue weighted by Crippen LogP contribution is -2.28. The molecule has 3 aromatic heterocycles. The smallest absolute Gasteiger partial charge is 0.320 e. The van der Waals surface area contributed by atoms with Crippen LogP contribution in [0.5, 0.6) is 0 Å². The number of benzene rings is 1. The summed E-state index contributed by atoms with van der Waals surface area (Å²) in [6.07, 6.45) is 3.47. The molecule has 128 valence electrons. The van der Waals surface area contributed by atoms with Crippen molar-refractivity contribution >= 4 is 33.9 Å². The second-order valence-corrected chi connectivity index (χ2v) is 5.70. The van der Waals surface area contributed by atoms with Crippen LogP contribution < -0.4 is 10.6 Å². The number of aromatic nitrogens is 4. The molecule has 7 heteroatoms. The molecule has 0 saturated heterocycles. The number of urea groups is 1. The average molecular weight is 344 g/mol. The van der Waals surface area contributed by atoms with Gasteiger partial charge in [-0.25, -0.2) is 14.8 Å². The molecule has 0 aliphatic rings. The van der Waals surface area contributed by atoms with Crippen LogP contribution in [0.1, 0.15) is 6.92 Å². The third kappa shape index (κ3) is 3.14. The van der Waals surface area contributed by atoms with Gasteiger partial charge in [-0.3, -0.25) is 15.3 Å². The van der Waals surface area contributed by atoms with E-state index < -0.39 is 0 Å². The number of nitrogens with one attached hydrogen (secondary N) is 2. The van der Waals surface area contributed by atoms with Crippen LogP contribution >= 0.6 is 0 Å². The minimum atomic E-state index is -0.304. The van der Waals surface area contributed by atoms with E-state index in [4.69, 9.17) is 0 Å². The van der Waals surface area contributed by atoms with Crippen LogP contribution in [0.25, 0.3) is 33.3 Å². The van der Waals surface area contributed by atoms with Gasteiger partial charge in [0.15, 0.2) is 5.65 Å². The van der Waals surface area contributed by atoms with Gasteiger partial charge in [-0.15, -0.1) is 0 Å². The standard InChI is InChI=1S/C19H16N6O/c1-2-20-19(26)25-17-8-7-15-18(24-17)23-16(11-22-15)13-9-12-5-3-4-6-14(12)21-10-13/h3-11H,2H2,1H3,(H2,20,23,24,25,26). The Balaban J connectivity index is 1.71. The molecule has 0 spiro atoms. The lowest BCUT2D eigenvalue weighted by Gasteiger charge is -2.07. The Morgan fingerprint density at radius 1 is 1.00 bits per heavy atom. The van der Waals surface area contributed by atoms with Crippen molar-refractivity contribution in [2.45, 2.75) is 6.92 Å². The van der Waals surface area contributed by atoms with Crippen LogP contribution in [-0.4, -0.2) is 32.5 Å². The lowest BCUT2D eigenvalue weighted by molar-refractivity contribution is 0.252. The van der Waals surface area contributed by atoms with Crippen LogP contribution in [-0.2, 0) is 0 Å². The summed E-state index contributed by atoms with van der Waals surface area (Å²) >= 11 is 0. The van der Waals surface area contributed by atoms with E-state index in [-0.39, 0.29) is 6.03 Å². The van der Waals surface area contributed by atoms with Crippen molar-refractivity contribution in [1.82, 2.24) is 25.3 Å². The third-order valence-electron chi connectivity index (χ3n) is 3.87. The molecule has 4 aromatic rings. The van der Waals surface area contributed by atoms with Gasteiger partial charge in [0, 0.05) is 23.7 Å². The van der Waals surface area contributed by atoms with Crippen molar-refractivity contribution in [1.29, 1.82) is 0 Å². The maximum atomic E-state index is 11.7. The van der Waals surface area contributed by atoms with Crippen LogP contribution in [0.15, 0.2) is 54.9 Å². The first-order chi connectivity index (χ1) is 12.7. The Morgan fingerprint density at radius 3 is 2.73 bits per heavy atom. The number of para-hydroxylation sites is 1. The number of rotatable bonds is 3. The minimum Gasteiger partial charge on any atom is -0.338 e. The highest BCUT2D eigenvalue weighted by molar-refractivity contribution is 5.89. The fourth-order valence-corrected chi connectivity index (χ4v) is 2.64. The van der Waals surface area contributed by atoms with Crippen LogP contribution in [0.4, 0.5) is 10.6 Å². The van der Waals surface area contributed by atoms with Gasteiger partial charge < -0.3 is 5.32 Å². The predicted molar refractivity (Wildman–Crippen MR) is 101 cm³/mol. The first-order valence-electron chi connectivity index (χ1n) is 8.27. The van der Waals surface area contributed by atoms with E-state index in [1.54, 1.807) is 24.5 Å². The normalized spacial score (nSPS) is 10.8. The van der Waals surface area contributed by atoms with Gasteiger partial charge >= 0.3 is 6.03 Å². The van der Waals surface area contributed by atoms with Crippen molar-refractivity contribution in [2.75, 3.05) is 11.9 Å². The molecular formula is C19H16N6O. The Hall–Kier alpha value is -3.61. The van der Waals surface area contributed by atoms with Crippen molar-refractivity contribution in [3.8, 4) is 11.3 Å². The number of carbonyl (C=O) groups is 1. The van der Waals surface area contributed by atoms with E-state index in [1.807, 2.05) is 37.3 Å². The second kappa shape index (κ2) is 6.72. The molecule has 4 rings (SSSR count). The Labute approximate surface area is 149 Å². The summed E-state index contributed by atoms with van der Waals surface area (Å²) in [6, 6.07) is 13.1. The largest absolute Gasteiger partial charge is 0.338 e. The molecule has 1 aromatic carbocycles. The van der Waals surface area contributed by atoms with E-state index in [2.05, 4.69) is 30.6 Å². The molecule has 0 atom stereocenters. The molecule has 0 radical (unpaired) electrons. The highest BCUT2D eigenvalue weighted by Gasteiger charge is 2.08. The van der Waals surface area contributed by atoms with Crippen LogP contribution in [0, 0.1) is 0 Å². The van der Waals surface area contributed by atoms with Crippen molar-refractivity contribution in [3.63, 3.8) is 0 Å². The predicted octanol–water partition coefficient (Wildman–Crippen LogP) is 3.38. The van der Waals surface area contributed by atoms with Gasteiger partial charge in [-0.2, -0.15) is 0 Å². The summed E-state index contributed by atoms with van der Waals surface area (Å²) in [5.74, 6) is 0.423. The number of amides is 2. The second-order valence-electron chi connectivity index (χ2n) is 5.70. The molecule has 26 heavy (non-hydrogen) atoms. The number of hydrogen-bond donors (Lipinski definition) is 2. The molecule has 7 nitrogen and oxygen atoms in total. The van der Waals surface area contributed by atoms with Gasteiger partial charge in [0.2, 0.25) is 0 Å². The minimum absolute atomic E-state index is 0.304. The molecule has 0 aliphatic heterocycles. The summed E-state index contributed by atoms with van der Waals surface area (Å²) in [6.45, 7) is 2.39. The maximum absolute atomic E-state index is 11.7. The number of hydrogen-bond acceptors (Lipinski definition) is 5. The zero-order valence-electron chi connectivity index (χ0n) is 14.1. The molecule has 0 saturated carbocycles. The van der Waals surface area contributed by atoms with E-state index in [0.717, 1.165) is 16.5 Å². The van der Waals surface area contributed by atoms with E-state index >= 15 is 0 Å². The van der Waals surface area contributed by atoms with Gasteiger partial charge in [-0.1, -0.05) is 18.2 Å². The summed E-state index contributed by atoms with van der Waals surface area (Å²) in [5, 5.41) is 6.37. The van der Waals surface area contributed by atoms with E-state index in [1.165, 1.54) is 0 Å². The van der Waals surface area contributed by atoms with Crippen molar-refractivity contribution in [3.05, 3.63) is 54.9 Å². The molecule has 0 fully saturated rings. The number of fused-ring (bicyclic) bond motifs is 2. The summed E-state index contributed by atoms with van der Waals surface area (Å²) in [7, 11) is 0. The lowest BCUT2D eigenvalue weighted by atomic mass is 10.1. The zero-order valence-corrected chi connectivity index (χ0v) is 14.1. The molecule has 2 N–H and O–H groups in total. The molecule has 0 aliphatic carbocycles. The van der Waals surface area contributed by atoms with E-state index in [9.17, 15) is 4.79 Å². The Bertz CT molecular complexity index is 1110. The Morgan fingerprint density at radius 2 is 1.85 bits per heavy atom. The highest BCUT2D eigenvalue weighted by Crippen LogP contribution is 2.22. The summed E-state index contributed by atoms with van der Waals surface area (Å²) in [4.78, 5) is 29.5. The van der Waals surface area contributed by atoms with Crippen LogP contribution in [0.2, 0.25) is 0 Å². The zero-order chi connectivity index (χ0) is 17.9. The SMILES string of the molecule is CCNC(=O)Nc1ccc2ncc(-c3cnc4ccccc4c3)nc2n1. The average Bonchev–Trinajstić information content (AvgIpc) is 2.67. The summed E-state index contributed by atoms with van der Waals surface area (Å²) in [5.41, 5.74) is 3.59. The molecule has 0 bridgehead atoms. The summed E-state index contributed by atoms with van der Waals surface area (Å²) < 4.78 is 0. The Kier molecular flexibility index (Phi) is 4.10. The number of anilines is 1. The maximum Gasteiger partial charge on any atom is 0.320 e. The van der Waals surface area contributed by atoms with Gasteiger partial charge in [-0.05, 0) is 31.2 Å². The van der Waals surface area contributed by atoms with Crippen LogP contribution in [0.3, 0.4) is 0 Å². The fourth-order valence-electron chi connectivity index (χ4n) is 2.64. The van der Waals surface area contributed by atoms with Crippen molar-refractivity contribution in [2.24, 2.45) is 0 Å². The highest BCUT2D eigenvalue weighted by atomic mass is 16.2. The monoisotopic (exact) mass is 344 g/mol. The first kappa shape index (κ1) is 15.9. The molecule has 3 heterocycles. The fraction of sp³-hybridized carbons (Fsp3) is 0.105. The molecule has 0 unspecified atom stereocenters. The quantitative estimate of drug-likeness (QED) is 0.594. The van der Waals surface area contributed by atoms with Gasteiger partial charge in [0.05, 0.1) is 17.4 Å². The topological polar surface area (TPSA) is 92.7 Å². The third-order valence-corrected chi connectivity index (χ3v) is 3.87.